The lowest BCUT2D eigenvalue weighted by Crippen LogP contribution is -2.54. The molecule has 2 aliphatic rings. The number of hydrogen-bond donors (Lipinski definition) is 0. The van der Waals surface area contributed by atoms with E-state index < -0.39 is 5.54 Å². The third kappa shape index (κ3) is 1.70. The summed E-state index contributed by atoms with van der Waals surface area (Å²) in [7, 11) is 0. The fraction of sp³-hybridized carbons (Fsp3) is 0.182. The first kappa shape index (κ1) is 14.4. The number of carbonyl (C=O) groups is 1. The van der Waals surface area contributed by atoms with Crippen molar-refractivity contribution >= 4 is 5.91 Å². The van der Waals surface area contributed by atoms with E-state index in [1.165, 1.54) is 11.1 Å². The maximum absolute atomic E-state index is 13.3. The van der Waals surface area contributed by atoms with Crippen LogP contribution in [0.15, 0.2) is 72.9 Å². The molecule has 0 saturated carbocycles. The summed E-state index contributed by atoms with van der Waals surface area (Å²) in [6, 6.07) is 22.6. The van der Waals surface area contributed by atoms with Crippen molar-refractivity contribution in [2.24, 2.45) is 0 Å². The molecule has 0 spiro atoms. The van der Waals surface area contributed by atoms with Crippen LogP contribution in [-0.4, -0.2) is 21.8 Å². The van der Waals surface area contributed by atoms with Crippen LogP contribution in [0.3, 0.4) is 0 Å². The molecular weight excluding hydrogens is 308 g/mol. The van der Waals surface area contributed by atoms with E-state index in [0.717, 1.165) is 23.2 Å². The van der Waals surface area contributed by atoms with E-state index in [1.54, 1.807) is 6.20 Å². The third-order valence-corrected chi connectivity index (χ3v) is 5.52. The molecule has 5 rings (SSSR count). The molecule has 0 aliphatic carbocycles. The maximum Gasteiger partial charge on any atom is 0.257 e. The molecule has 0 unspecified atom stereocenters. The molecule has 0 bridgehead atoms. The van der Waals surface area contributed by atoms with Crippen molar-refractivity contribution in [2.75, 3.05) is 0 Å². The molecule has 1 aromatic heterocycles. The highest BCUT2D eigenvalue weighted by molar-refractivity contribution is 6.01. The Morgan fingerprint density at radius 1 is 1.00 bits per heavy atom. The van der Waals surface area contributed by atoms with Crippen LogP contribution < -0.4 is 0 Å². The Labute approximate surface area is 146 Å². The van der Waals surface area contributed by atoms with Crippen LogP contribution in [0, 0.1) is 0 Å². The van der Waals surface area contributed by atoms with Gasteiger partial charge in [-0.1, -0.05) is 54.6 Å². The van der Waals surface area contributed by atoms with E-state index in [2.05, 4.69) is 43.3 Å². The Hall–Kier alpha value is -2.94. The summed E-state index contributed by atoms with van der Waals surface area (Å²) in [5, 5.41) is 0. The molecule has 2 aromatic carbocycles. The minimum absolute atomic E-state index is 0.0777. The summed E-state index contributed by atoms with van der Waals surface area (Å²) in [6.45, 7) is 2.14. The molecule has 2 aliphatic heterocycles. The standard InChI is InChI=1S/C22H18N2O/c1-15-14-16-8-5-6-12-19(16)22(17-9-3-2-4-10-17)20-18(11-7-13-23-20)21(25)24(15)22/h2-13,15H,14H2,1H3/t15-,22+/m1/s1. The van der Waals surface area contributed by atoms with Gasteiger partial charge in [0.05, 0.1) is 11.3 Å². The van der Waals surface area contributed by atoms with Gasteiger partial charge in [-0.05, 0) is 42.2 Å². The van der Waals surface area contributed by atoms with Gasteiger partial charge in [0.25, 0.3) is 5.91 Å². The number of aromatic nitrogens is 1. The topological polar surface area (TPSA) is 33.2 Å². The fourth-order valence-electron chi connectivity index (χ4n) is 4.62. The molecular formula is C22H18N2O. The molecule has 2 atom stereocenters. The van der Waals surface area contributed by atoms with Gasteiger partial charge in [-0.15, -0.1) is 0 Å². The zero-order valence-corrected chi connectivity index (χ0v) is 14.0. The molecule has 0 fully saturated rings. The van der Waals surface area contributed by atoms with Gasteiger partial charge < -0.3 is 4.90 Å². The van der Waals surface area contributed by atoms with Crippen molar-refractivity contribution in [1.82, 2.24) is 9.88 Å². The number of rotatable bonds is 1. The summed E-state index contributed by atoms with van der Waals surface area (Å²) < 4.78 is 0. The van der Waals surface area contributed by atoms with Gasteiger partial charge in [0.15, 0.2) is 0 Å². The van der Waals surface area contributed by atoms with Crippen LogP contribution in [0.2, 0.25) is 0 Å². The van der Waals surface area contributed by atoms with Crippen molar-refractivity contribution in [1.29, 1.82) is 0 Å². The first-order chi connectivity index (χ1) is 12.2. The van der Waals surface area contributed by atoms with Crippen LogP contribution in [0.25, 0.3) is 0 Å². The van der Waals surface area contributed by atoms with Crippen molar-refractivity contribution < 1.29 is 4.79 Å². The van der Waals surface area contributed by atoms with Crippen LogP contribution in [-0.2, 0) is 12.0 Å². The second-order valence-electron chi connectivity index (χ2n) is 6.86. The summed E-state index contributed by atoms with van der Waals surface area (Å²) in [5.41, 5.74) is 4.50. The molecule has 25 heavy (non-hydrogen) atoms. The smallest absolute Gasteiger partial charge is 0.257 e. The molecule has 1 amide bonds. The number of benzene rings is 2. The Morgan fingerprint density at radius 2 is 1.76 bits per heavy atom. The highest BCUT2D eigenvalue weighted by Crippen LogP contribution is 2.52. The summed E-state index contributed by atoms with van der Waals surface area (Å²) >= 11 is 0. The van der Waals surface area contributed by atoms with Gasteiger partial charge in [-0.3, -0.25) is 9.78 Å². The average Bonchev–Trinajstić information content (AvgIpc) is 2.94. The van der Waals surface area contributed by atoms with Crippen LogP contribution >= 0.6 is 0 Å². The van der Waals surface area contributed by atoms with Gasteiger partial charge in [-0.2, -0.15) is 0 Å². The van der Waals surface area contributed by atoms with Gasteiger partial charge in [-0.25, -0.2) is 0 Å². The maximum atomic E-state index is 13.3. The minimum Gasteiger partial charge on any atom is -0.316 e. The first-order valence-corrected chi connectivity index (χ1v) is 8.67. The second-order valence-corrected chi connectivity index (χ2v) is 6.86. The predicted molar refractivity (Wildman–Crippen MR) is 96.3 cm³/mol. The zero-order chi connectivity index (χ0) is 17.0. The Balaban J connectivity index is 1.96. The monoisotopic (exact) mass is 326 g/mol. The Bertz CT molecular complexity index is 982. The number of fused-ring (bicyclic) bond motifs is 5. The van der Waals surface area contributed by atoms with E-state index >= 15 is 0 Å². The lowest BCUT2D eigenvalue weighted by Gasteiger charge is -2.47. The first-order valence-electron chi connectivity index (χ1n) is 8.67. The van der Waals surface area contributed by atoms with Crippen LogP contribution in [0.1, 0.15) is 39.7 Å². The Kier molecular flexibility index (Phi) is 2.90. The number of pyridine rings is 1. The molecule has 3 heterocycles. The molecule has 0 N–H and O–H groups in total. The van der Waals surface area contributed by atoms with Crippen LogP contribution in [0.5, 0.6) is 0 Å². The minimum atomic E-state index is -0.636. The van der Waals surface area contributed by atoms with Gasteiger partial charge >= 0.3 is 0 Å². The molecule has 3 nitrogen and oxygen atoms in total. The zero-order valence-electron chi connectivity index (χ0n) is 14.0. The second kappa shape index (κ2) is 5.03. The fourth-order valence-corrected chi connectivity index (χ4v) is 4.62. The normalized spacial score (nSPS) is 23.8. The molecule has 0 saturated heterocycles. The van der Waals surface area contributed by atoms with Gasteiger partial charge in [0.1, 0.15) is 5.54 Å². The Morgan fingerprint density at radius 3 is 2.60 bits per heavy atom. The van der Waals surface area contributed by atoms with Crippen molar-refractivity contribution in [3.8, 4) is 0 Å². The highest BCUT2D eigenvalue weighted by atomic mass is 16.2. The number of nitrogens with zero attached hydrogens (tertiary/aromatic N) is 2. The van der Waals surface area contributed by atoms with E-state index in [0.29, 0.717) is 0 Å². The largest absolute Gasteiger partial charge is 0.316 e. The number of amides is 1. The molecule has 0 radical (unpaired) electrons. The molecule has 122 valence electrons. The van der Waals surface area contributed by atoms with Crippen LogP contribution in [0.4, 0.5) is 0 Å². The van der Waals surface area contributed by atoms with E-state index in [-0.39, 0.29) is 11.9 Å². The number of hydrogen-bond acceptors (Lipinski definition) is 2. The molecule has 3 heteroatoms. The highest BCUT2D eigenvalue weighted by Gasteiger charge is 2.57. The SMILES string of the molecule is C[C@@H]1Cc2ccccc2[C@@]2(c3ccccc3)c3ncccc3C(=O)N12. The lowest BCUT2D eigenvalue weighted by molar-refractivity contribution is 0.0541. The van der Waals surface area contributed by atoms with Gasteiger partial charge in [0.2, 0.25) is 0 Å². The third-order valence-electron chi connectivity index (χ3n) is 5.52. The lowest BCUT2D eigenvalue weighted by atomic mass is 9.73. The average molecular weight is 326 g/mol. The summed E-state index contributed by atoms with van der Waals surface area (Å²) in [6.07, 6.45) is 2.66. The van der Waals surface area contributed by atoms with Gasteiger partial charge in [0, 0.05) is 12.2 Å². The van der Waals surface area contributed by atoms with E-state index in [1.807, 2.05) is 35.2 Å². The quantitative estimate of drug-likeness (QED) is 0.682. The molecule has 3 aromatic rings. The van der Waals surface area contributed by atoms with Crippen molar-refractivity contribution in [2.45, 2.75) is 24.9 Å². The van der Waals surface area contributed by atoms with E-state index in [9.17, 15) is 4.79 Å². The number of carbonyl (C=O) groups excluding carboxylic acids is 1. The van der Waals surface area contributed by atoms with Crippen molar-refractivity contribution in [3.05, 3.63) is 101 Å². The van der Waals surface area contributed by atoms with E-state index in [4.69, 9.17) is 4.98 Å². The summed E-state index contributed by atoms with van der Waals surface area (Å²) in [4.78, 5) is 20.1. The predicted octanol–water partition coefficient (Wildman–Crippen LogP) is 3.77. The van der Waals surface area contributed by atoms with Crippen molar-refractivity contribution in [3.63, 3.8) is 0 Å². The summed E-state index contributed by atoms with van der Waals surface area (Å²) in [5.74, 6) is 0.0777.